The largest absolute Gasteiger partial charge is 0.707 e. The molecule has 0 amide bonds. The Morgan fingerprint density at radius 1 is 1.39 bits per heavy atom. The molecule has 4 N–H and O–H groups in total. The number of aromatic hydroxyl groups is 1. The maximum atomic E-state index is 11.4. The fraction of sp³-hybridized carbons (Fsp3) is 0. The Labute approximate surface area is 101 Å². The van der Waals surface area contributed by atoms with Crippen LogP contribution in [-0.4, -0.2) is 27.5 Å². The summed E-state index contributed by atoms with van der Waals surface area (Å²) >= 11 is 0. The van der Waals surface area contributed by atoms with Gasteiger partial charge in [0.05, 0.1) is 5.52 Å². The Balaban J connectivity index is 2.69. The van der Waals surface area contributed by atoms with Crippen molar-refractivity contribution in [1.82, 2.24) is 4.98 Å². The zero-order valence-electron chi connectivity index (χ0n) is 8.91. The molecule has 0 saturated heterocycles. The molecular weight excluding hydrogens is 239 g/mol. The van der Waals surface area contributed by atoms with Gasteiger partial charge in [-0.1, -0.05) is 0 Å². The molecular formula is C10H7BN2O5. The molecule has 0 spiro atoms. The van der Waals surface area contributed by atoms with Crippen molar-refractivity contribution in [3.8, 4) is 17.6 Å². The van der Waals surface area contributed by atoms with E-state index in [1.54, 1.807) is 6.07 Å². The van der Waals surface area contributed by atoms with Crippen LogP contribution in [0.2, 0.25) is 0 Å². The molecule has 0 saturated carbocycles. The van der Waals surface area contributed by atoms with Gasteiger partial charge in [-0.25, -0.2) is 0 Å². The zero-order valence-corrected chi connectivity index (χ0v) is 8.91. The summed E-state index contributed by atoms with van der Waals surface area (Å²) in [7, 11) is -2.00. The molecule has 0 aliphatic rings. The van der Waals surface area contributed by atoms with Gasteiger partial charge >= 0.3 is 7.32 Å². The molecule has 18 heavy (non-hydrogen) atoms. The number of hydrogen-bond donors (Lipinski definition) is 4. The van der Waals surface area contributed by atoms with Crippen molar-refractivity contribution in [2.24, 2.45) is 0 Å². The SMILES string of the molecule is N#Cc1c(O)c2cc(OB(O)O)ccc2[nH]c1=O. The summed E-state index contributed by atoms with van der Waals surface area (Å²) in [6.45, 7) is 0. The molecule has 1 aromatic carbocycles. The number of H-pyrrole nitrogens is 1. The number of rotatable bonds is 2. The lowest BCUT2D eigenvalue weighted by molar-refractivity contribution is 0.288. The smallest absolute Gasteiger partial charge is 0.512 e. The normalized spacial score (nSPS) is 10.1. The summed E-state index contributed by atoms with van der Waals surface area (Å²) in [6, 6.07) is 5.65. The predicted octanol–water partition coefficient (Wildman–Crippen LogP) is -0.546. The van der Waals surface area contributed by atoms with E-state index in [1.165, 1.54) is 18.2 Å². The van der Waals surface area contributed by atoms with E-state index in [4.69, 9.17) is 15.3 Å². The van der Waals surface area contributed by atoms with Gasteiger partial charge in [-0.05, 0) is 18.2 Å². The van der Waals surface area contributed by atoms with Gasteiger partial charge in [0.2, 0.25) is 0 Å². The standard InChI is InChI=1S/C10H7BN2O5/c12-4-7-9(14)6-3-5(18-11(16)17)1-2-8(6)13-10(7)15/h1-3,16-17H,(H2,13,14,15). The molecule has 0 atom stereocenters. The van der Waals surface area contributed by atoms with Crippen molar-refractivity contribution in [3.63, 3.8) is 0 Å². The minimum absolute atomic E-state index is 0.0729. The lowest BCUT2D eigenvalue weighted by Gasteiger charge is -2.07. The number of pyridine rings is 1. The monoisotopic (exact) mass is 246 g/mol. The number of nitrogens with one attached hydrogen (secondary N) is 1. The quantitative estimate of drug-likeness (QED) is 0.526. The van der Waals surface area contributed by atoms with Crippen LogP contribution in [0.25, 0.3) is 10.9 Å². The highest BCUT2D eigenvalue weighted by Crippen LogP contribution is 2.27. The van der Waals surface area contributed by atoms with Crippen molar-refractivity contribution in [2.75, 3.05) is 0 Å². The van der Waals surface area contributed by atoms with Gasteiger partial charge in [-0.3, -0.25) is 4.79 Å². The molecule has 0 aliphatic heterocycles. The summed E-state index contributed by atoms with van der Waals surface area (Å²) < 4.78 is 4.61. The molecule has 90 valence electrons. The number of aromatic nitrogens is 1. The van der Waals surface area contributed by atoms with Crippen LogP contribution in [-0.2, 0) is 0 Å². The number of nitriles is 1. The Morgan fingerprint density at radius 3 is 2.72 bits per heavy atom. The van der Waals surface area contributed by atoms with Gasteiger partial charge in [0, 0.05) is 5.39 Å². The van der Waals surface area contributed by atoms with Crippen molar-refractivity contribution in [1.29, 1.82) is 5.26 Å². The van der Waals surface area contributed by atoms with Crippen LogP contribution >= 0.6 is 0 Å². The summed E-state index contributed by atoms with van der Waals surface area (Å²) in [4.78, 5) is 13.8. The summed E-state index contributed by atoms with van der Waals surface area (Å²) in [5.41, 5.74) is -0.807. The first kappa shape index (κ1) is 12.0. The number of aromatic amines is 1. The number of hydrogen-bond acceptors (Lipinski definition) is 6. The third kappa shape index (κ3) is 2.00. The molecule has 0 bridgehead atoms. The molecule has 1 aromatic heterocycles. The Hall–Kier alpha value is -2.50. The van der Waals surface area contributed by atoms with Crippen LogP contribution in [0.3, 0.4) is 0 Å². The lowest BCUT2D eigenvalue weighted by atomic mass is 10.1. The number of nitrogens with zero attached hydrogens (tertiary/aromatic N) is 1. The molecule has 2 aromatic rings. The second kappa shape index (κ2) is 4.41. The first-order valence-electron chi connectivity index (χ1n) is 4.85. The van der Waals surface area contributed by atoms with Crippen LogP contribution in [0.4, 0.5) is 0 Å². The Morgan fingerprint density at radius 2 is 2.11 bits per heavy atom. The van der Waals surface area contributed by atoms with Gasteiger partial charge in [0.15, 0.2) is 5.56 Å². The third-order valence-corrected chi connectivity index (χ3v) is 2.31. The predicted molar refractivity (Wildman–Crippen MR) is 61.8 cm³/mol. The molecule has 0 fully saturated rings. The van der Waals surface area contributed by atoms with Gasteiger partial charge in [0.25, 0.3) is 5.56 Å². The van der Waals surface area contributed by atoms with E-state index >= 15 is 0 Å². The van der Waals surface area contributed by atoms with Crippen LogP contribution < -0.4 is 10.2 Å². The fourth-order valence-electron chi connectivity index (χ4n) is 1.55. The van der Waals surface area contributed by atoms with Crippen LogP contribution in [0, 0.1) is 11.3 Å². The summed E-state index contributed by atoms with van der Waals surface area (Å²) in [6.07, 6.45) is 0. The summed E-state index contributed by atoms with van der Waals surface area (Å²) in [5, 5.41) is 36.0. The topological polar surface area (TPSA) is 127 Å². The first-order chi connectivity index (χ1) is 8.52. The minimum atomic E-state index is -2.00. The van der Waals surface area contributed by atoms with E-state index in [0.717, 1.165) is 0 Å². The highest BCUT2D eigenvalue weighted by molar-refractivity contribution is 6.33. The van der Waals surface area contributed by atoms with E-state index in [1.807, 2.05) is 0 Å². The molecule has 2 rings (SSSR count). The van der Waals surface area contributed by atoms with Gasteiger partial charge in [-0.15, -0.1) is 0 Å². The van der Waals surface area contributed by atoms with Crippen molar-refractivity contribution in [2.45, 2.75) is 0 Å². The highest BCUT2D eigenvalue weighted by atomic mass is 16.6. The number of fused-ring (bicyclic) bond motifs is 1. The van der Waals surface area contributed by atoms with E-state index < -0.39 is 24.2 Å². The van der Waals surface area contributed by atoms with Gasteiger partial charge in [-0.2, -0.15) is 5.26 Å². The average Bonchev–Trinajstić information content (AvgIpc) is 2.30. The Bertz CT molecular complexity index is 704. The lowest BCUT2D eigenvalue weighted by Crippen LogP contribution is -2.20. The zero-order chi connectivity index (χ0) is 13.3. The second-order valence-corrected chi connectivity index (χ2v) is 3.44. The fourth-order valence-corrected chi connectivity index (χ4v) is 1.55. The van der Waals surface area contributed by atoms with Crippen molar-refractivity contribution >= 4 is 18.2 Å². The minimum Gasteiger partial charge on any atom is -0.512 e. The molecule has 1 heterocycles. The second-order valence-electron chi connectivity index (χ2n) is 3.44. The Kier molecular flexibility index (Phi) is 2.93. The summed E-state index contributed by atoms with van der Waals surface area (Å²) in [5.74, 6) is -0.405. The van der Waals surface area contributed by atoms with Crippen molar-refractivity contribution in [3.05, 3.63) is 34.1 Å². The van der Waals surface area contributed by atoms with E-state index in [-0.39, 0.29) is 11.1 Å². The van der Waals surface area contributed by atoms with Crippen molar-refractivity contribution < 1.29 is 19.8 Å². The molecule has 7 nitrogen and oxygen atoms in total. The third-order valence-electron chi connectivity index (χ3n) is 2.31. The van der Waals surface area contributed by atoms with E-state index in [0.29, 0.717) is 5.52 Å². The molecule has 0 aliphatic carbocycles. The van der Waals surface area contributed by atoms with Gasteiger partial charge < -0.3 is 24.8 Å². The maximum Gasteiger partial charge on any atom is 0.707 e. The van der Waals surface area contributed by atoms with Crippen LogP contribution in [0.15, 0.2) is 23.0 Å². The maximum absolute atomic E-state index is 11.4. The van der Waals surface area contributed by atoms with Crippen LogP contribution in [0.5, 0.6) is 11.5 Å². The molecule has 0 unspecified atom stereocenters. The number of benzene rings is 1. The van der Waals surface area contributed by atoms with Crippen LogP contribution in [0.1, 0.15) is 5.56 Å². The van der Waals surface area contributed by atoms with E-state index in [2.05, 4.69) is 9.64 Å². The molecule has 0 radical (unpaired) electrons. The molecule has 8 heteroatoms. The average molecular weight is 246 g/mol. The van der Waals surface area contributed by atoms with E-state index in [9.17, 15) is 9.90 Å². The van der Waals surface area contributed by atoms with Gasteiger partial charge in [0.1, 0.15) is 17.6 Å². The highest BCUT2D eigenvalue weighted by Gasteiger charge is 2.15. The first-order valence-corrected chi connectivity index (χ1v) is 4.85.